The molecule has 1 fully saturated rings. The van der Waals surface area contributed by atoms with Gasteiger partial charge in [-0.1, -0.05) is 18.5 Å². The van der Waals surface area contributed by atoms with Crippen LogP contribution in [0.25, 0.3) is 0 Å². The van der Waals surface area contributed by atoms with E-state index in [2.05, 4.69) is 25.8 Å². The molecule has 0 spiro atoms. The van der Waals surface area contributed by atoms with E-state index in [1.165, 1.54) is 0 Å². The quantitative estimate of drug-likeness (QED) is 0.494. The number of nitrogens with one attached hydrogen (secondary N) is 3. The molecular formula is C18H28ClN5O2. The molecule has 1 aromatic rings. The highest BCUT2D eigenvalue weighted by molar-refractivity contribution is 6.30. The predicted octanol–water partition coefficient (Wildman–Crippen LogP) is 1.62. The molecule has 3 N–H and O–H groups in total. The van der Waals surface area contributed by atoms with Crippen LogP contribution in [0.1, 0.15) is 19.8 Å². The van der Waals surface area contributed by atoms with Gasteiger partial charge in [-0.25, -0.2) is 0 Å². The lowest BCUT2D eigenvalue weighted by Gasteiger charge is -2.22. The normalized spacial score (nSPS) is 17.2. The molecule has 0 bridgehead atoms. The van der Waals surface area contributed by atoms with E-state index in [1.807, 2.05) is 25.1 Å². The highest BCUT2D eigenvalue weighted by Crippen LogP contribution is 2.33. The molecule has 7 nitrogen and oxygen atoms in total. The number of ether oxygens (including phenoxy) is 1. The number of nitrogens with zero attached hydrogens (tertiary/aromatic N) is 2. The van der Waals surface area contributed by atoms with Crippen molar-refractivity contribution in [3.63, 3.8) is 0 Å². The molecule has 1 atom stereocenters. The van der Waals surface area contributed by atoms with Crippen molar-refractivity contribution in [2.45, 2.75) is 25.8 Å². The summed E-state index contributed by atoms with van der Waals surface area (Å²) in [5.74, 6) is 1.40. The zero-order valence-corrected chi connectivity index (χ0v) is 16.4. The Morgan fingerprint density at radius 3 is 2.92 bits per heavy atom. The number of guanidine groups is 1. The lowest BCUT2D eigenvalue weighted by Crippen LogP contribution is -2.47. The van der Waals surface area contributed by atoms with Gasteiger partial charge in [0.2, 0.25) is 5.91 Å². The van der Waals surface area contributed by atoms with E-state index in [-0.39, 0.29) is 18.5 Å². The number of halogens is 1. The number of hydrogen-bond acceptors (Lipinski definition) is 4. The van der Waals surface area contributed by atoms with Crippen LogP contribution in [0.5, 0.6) is 5.75 Å². The number of methoxy groups -OCH3 is 1. The Balaban J connectivity index is 1.88. The smallest absolute Gasteiger partial charge is 0.239 e. The van der Waals surface area contributed by atoms with E-state index in [0.29, 0.717) is 17.5 Å². The minimum Gasteiger partial charge on any atom is -0.495 e. The Labute approximate surface area is 160 Å². The first kappa shape index (κ1) is 20.2. The van der Waals surface area contributed by atoms with Gasteiger partial charge in [-0.05, 0) is 31.0 Å². The van der Waals surface area contributed by atoms with Gasteiger partial charge >= 0.3 is 0 Å². The van der Waals surface area contributed by atoms with E-state index >= 15 is 0 Å². The summed E-state index contributed by atoms with van der Waals surface area (Å²) < 4.78 is 5.45. The van der Waals surface area contributed by atoms with Gasteiger partial charge < -0.3 is 25.6 Å². The maximum absolute atomic E-state index is 11.7. The maximum Gasteiger partial charge on any atom is 0.239 e. The monoisotopic (exact) mass is 381 g/mol. The molecule has 1 aliphatic rings. The van der Waals surface area contributed by atoms with Gasteiger partial charge in [0.1, 0.15) is 5.75 Å². The lowest BCUT2D eigenvalue weighted by atomic mass is 10.2. The highest BCUT2D eigenvalue weighted by Gasteiger charge is 2.25. The second-order valence-corrected chi connectivity index (χ2v) is 6.60. The molecule has 1 heterocycles. The Kier molecular flexibility index (Phi) is 7.84. The second-order valence-electron chi connectivity index (χ2n) is 6.17. The SMILES string of the molecule is CCCNC(=O)CNC(=NC)NC1CCN(c2cc(Cl)ccc2OC)C1. The molecule has 1 aromatic carbocycles. The predicted molar refractivity (Wildman–Crippen MR) is 106 cm³/mol. The Morgan fingerprint density at radius 1 is 1.42 bits per heavy atom. The summed E-state index contributed by atoms with van der Waals surface area (Å²) in [7, 11) is 3.36. The number of aliphatic imine (C=N–C) groups is 1. The summed E-state index contributed by atoms with van der Waals surface area (Å²) in [5.41, 5.74) is 0.992. The standard InChI is InChI=1S/C18H28ClN5O2/c1-4-8-21-17(25)11-22-18(20-2)23-14-7-9-24(12-14)15-10-13(19)5-6-16(15)26-3/h5-6,10,14H,4,7-9,11-12H2,1-3H3,(H,21,25)(H2,20,22,23). The van der Waals surface area contributed by atoms with E-state index in [1.54, 1.807) is 14.2 Å². The van der Waals surface area contributed by atoms with Crippen molar-refractivity contribution in [1.82, 2.24) is 16.0 Å². The van der Waals surface area contributed by atoms with Gasteiger partial charge in [-0.2, -0.15) is 0 Å². The number of benzene rings is 1. The largest absolute Gasteiger partial charge is 0.495 e. The molecule has 1 amide bonds. The van der Waals surface area contributed by atoms with Crippen molar-refractivity contribution >= 4 is 29.2 Å². The molecule has 26 heavy (non-hydrogen) atoms. The summed E-state index contributed by atoms with van der Waals surface area (Å²) in [5, 5.41) is 9.95. The van der Waals surface area contributed by atoms with Gasteiger partial charge in [0.05, 0.1) is 19.3 Å². The van der Waals surface area contributed by atoms with E-state index in [9.17, 15) is 4.79 Å². The van der Waals surface area contributed by atoms with Crippen LogP contribution in [0.4, 0.5) is 5.69 Å². The van der Waals surface area contributed by atoms with Crippen molar-refractivity contribution in [3.8, 4) is 5.75 Å². The summed E-state index contributed by atoms with van der Waals surface area (Å²) >= 11 is 6.14. The zero-order chi connectivity index (χ0) is 18.9. The van der Waals surface area contributed by atoms with E-state index in [4.69, 9.17) is 16.3 Å². The average molecular weight is 382 g/mol. The Morgan fingerprint density at radius 2 is 2.23 bits per heavy atom. The van der Waals surface area contributed by atoms with Crippen LogP contribution in [-0.2, 0) is 4.79 Å². The Hall–Kier alpha value is -2.15. The number of anilines is 1. The maximum atomic E-state index is 11.7. The Bertz CT molecular complexity index is 638. The van der Waals surface area contributed by atoms with Crippen LogP contribution in [0.15, 0.2) is 23.2 Å². The van der Waals surface area contributed by atoms with Crippen molar-refractivity contribution in [2.24, 2.45) is 4.99 Å². The summed E-state index contributed by atoms with van der Waals surface area (Å²) in [6, 6.07) is 5.86. The first-order chi connectivity index (χ1) is 12.6. The van der Waals surface area contributed by atoms with Gasteiger partial charge in [0.25, 0.3) is 0 Å². The van der Waals surface area contributed by atoms with Gasteiger partial charge in [-0.15, -0.1) is 0 Å². The second kappa shape index (κ2) is 10.1. The van der Waals surface area contributed by atoms with Gasteiger partial charge in [0.15, 0.2) is 5.96 Å². The molecule has 144 valence electrons. The van der Waals surface area contributed by atoms with Crippen LogP contribution in [-0.4, -0.2) is 58.2 Å². The third-order valence-corrected chi connectivity index (χ3v) is 4.46. The molecule has 0 aliphatic carbocycles. The van der Waals surface area contributed by atoms with Gasteiger partial charge in [-0.3, -0.25) is 9.79 Å². The molecule has 0 aromatic heterocycles. The number of hydrogen-bond donors (Lipinski definition) is 3. The first-order valence-electron chi connectivity index (χ1n) is 8.89. The number of carbonyl (C=O) groups is 1. The number of amides is 1. The summed E-state index contributed by atoms with van der Waals surface area (Å²) in [6.07, 6.45) is 1.88. The first-order valence-corrected chi connectivity index (χ1v) is 9.27. The van der Waals surface area contributed by atoms with Crippen LogP contribution in [0.2, 0.25) is 5.02 Å². The molecule has 0 saturated carbocycles. The minimum atomic E-state index is -0.0356. The van der Waals surface area contributed by atoms with Crippen LogP contribution in [0.3, 0.4) is 0 Å². The van der Waals surface area contributed by atoms with Gasteiger partial charge in [0, 0.05) is 37.7 Å². The highest BCUT2D eigenvalue weighted by atomic mass is 35.5. The average Bonchev–Trinajstić information content (AvgIpc) is 3.11. The van der Waals surface area contributed by atoms with E-state index < -0.39 is 0 Å². The fraction of sp³-hybridized carbons (Fsp3) is 0.556. The van der Waals surface area contributed by atoms with Crippen molar-refractivity contribution in [2.75, 3.05) is 45.2 Å². The summed E-state index contributed by atoms with van der Waals surface area (Å²) in [4.78, 5) is 18.1. The minimum absolute atomic E-state index is 0.0356. The van der Waals surface area contributed by atoms with Crippen molar-refractivity contribution in [1.29, 1.82) is 0 Å². The zero-order valence-electron chi connectivity index (χ0n) is 15.6. The van der Waals surface area contributed by atoms with Crippen LogP contribution >= 0.6 is 11.6 Å². The molecule has 0 radical (unpaired) electrons. The molecule has 1 unspecified atom stereocenters. The topological polar surface area (TPSA) is 78.0 Å². The molecular weight excluding hydrogens is 354 g/mol. The van der Waals surface area contributed by atoms with Crippen LogP contribution in [0, 0.1) is 0 Å². The summed E-state index contributed by atoms with van der Waals surface area (Å²) in [6.45, 7) is 4.61. The fourth-order valence-corrected chi connectivity index (χ4v) is 3.05. The fourth-order valence-electron chi connectivity index (χ4n) is 2.89. The molecule has 2 rings (SSSR count). The third kappa shape index (κ3) is 5.69. The number of rotatable bonds is 7. The van der Waals surface area contributed by atoms with Crippen molar-refractivity contribution < 1.29 is 9.53 Å². The molecule has 1 aliphatic heterocycles. The van der Waals surface area contributed by atoms with E-state index in [0.717, 1.165) is 37.4 Å². The van der Waals surface area contributed by atoms with Crippen LogP contribution < -0.4 is 25.6 Å². The molecule has 8 heteroatoms. The molecule has 1 saturated heterocycles. The lowest BCUT2D eigenvalue weighted by molar-refractivity contribution is -0.120. The number of carbonyl (C=O) groups excluding carboxylic acids is 1. The van der Waals surface area contributed by atoms with Crippen molar-refractivity contribution in [3.05, 3.63) is 23.2 Å². The third-order valence-electron chi connectivity index (χ3n) is 4.22.